The summed E-state index contributed by atoms with van der Waals surface area (Å²) in [5, 5.41) is 14.2. The van der Waals surface area contributed by atoms with Gasteiger partial charge in [-0.15, -0.1) is 0 Å². The van der Waals surface area contributed by atoms with E-state index in [1.807, 2.05) is 42.5 Å². The Morgan fingerprint density at radius 2 is 1.85 bits per heavy atom. The van der Waals surface area contributed by atoms with Crippen molar-refractivity contribution in [3.8, 4) is 0 Å². The molecule has 7 heteroatoms. The van der Waals surface area contributed by atoms with Gasteiger partial charge in [0.2, 0.25) is 0 Å². The average Bonchev–Trinajstić information content (AvgIpc) is 2.84. The van der Waals surface area contributed by atoms with E-state index in [-0.39, 0.29) is 34.8 Å². The largest absolute Gasteiger partial charge is 0.445 e. The lowest BCUT2D eigenvalue weighted by molar-refractivity contribution is -0.384. The normalized spacial score (nSPS) is 24.9. The van der Waals surface area contributed by atoms with Gasteiger partial charge in [-0.05, 0) is 61.1 Å². The molecule has 1 N–H and O–H groups in total. The number of anilines is 1. The van der Waals surface area contributed by atoms with E-state index in [2.05, 4.69) is 17.1 Å². The summed E-state index contributed by atoms with van der Waals surface area (Å²) >= 11 is 0. The van der Waals surface area contributed by atoms with E-state index < -0.39 is 0 Å². The molecule has 1 saturated heterocycles. The van der Waals surface area contributed by atoms with Crippen molar-refractivity contribution >= 4 is 17.5 Å². The number of alkyl carbamates (subject to hydrolysis) is 1. The predicted octanol–water partition coefficient (Wildman–Crippen LogP) is 6.08. The van der Waals surface area contributed by atoms with Crippen LogP contribution in [0, 0.1) is 21.4 Å². The summed E-state index contributed by atoms with van der Waals surface area (Å²) in [4.78, 5) is 25.5. The molecule has 0 aromatic heterocycles. The summed E-state index contributed by atoms with van der Waals surface area (Å²) in [5.74, 6) is 0.430. The summed E-state index contributed by atoms with van der Waals surface area (Å²) in [5.41, 5.74) is 2.28. The maximum Gasteiger partial charge on any atom is 0.407 e. The van der Waals surface area contributed by atoms with Gasteiger partial charge >= 0.3 is 6.09 Å². The number of ether oxygens (including phenoxy) is 1. The molecule has 2 fully saturated rings. The van der Waals surface area contributed by atoms with E-state index >= 15 is 0 Å². The topological polar surface area (TPSA) is 84.7 Å². The van der Waals surface area contributed by atoms with E-state index in [4.69, 9.17) is 4.74 Å². The number of nitro benzene ring substituents is 1. The van der Waals surface area contributed by atoms with E-state index in [1.165, 1.54) is 6.42 Å². The molecule has 1 amide bonds. The number of non-ortho nitro benzene ring substituents is 1. The molecular weight excluding hydrogens is 430 g/mol. The van der Waals surface area contributed by atoms with E-state index in [9.17, 15) is 14.9 Å². The summed E-state index contributed by atoms with van der Waals surface area (Å²) in [6.45, 7) is 4.52. The van der Waals surface area contributed by atoms with Crippen molar-refractivity contribution in [1.29, 1.82) is 0 Å². The lowest BCUT2D eigenvalue weighted by Gasteiger charge is -2.45. The molecule has 1 aliphatic carbocycles. The number of benzene rings is 2. The Morgan fingerprint density at radius 1 is 1.12 bits per heavy atom. The molecular formula is C27H35N3O4. The number of carbonyl (C=O) groups is 1. The smallest absolute Gasteiger partial charge is 0.407 e. The number of amides is 1. The lowest BCUT2D eigenvalue weighted by Crippen LogP contribution is -2.47. The monoisotopic (exact) mass is 465 g/mol. The van der Waals surface area contributed by atoms with Gasteiger partial charge in [-0.3, -0.25) is 10.1 Å². The lowest BCUT2D eigenvalue weighted by atomic mass is 9.70. The van der Waals surface area contributed by atoms with Crippen molar-refractivity contribution in [2.24, 2.45) is 11.3 Å². The Balaban J connectivity index is 1.35. The Bertz CT molecular complexity index is 966. The molecule has 2 aliphatic rings. The minimum atomic E-state index is -0.356. The maximum atomic E-state index is 12.5. The van der Waals surface area contributed by atoms with Gasteiger partial charge < -0.3 is 15.0 Å². The molecule has 0 bridgehead atoms. The third-order valence-corrected chi connectivity index (χ3v) is 7.39. The molecule has 2 aromatic carbocycles. The molecule has 34 heavy (non-hydrogen) atoms. The number of piperidine rings is 1. The minimum Gasteiger partial charge on any atom is -0.445 e. The molecule has 0 radical (unpaired) electrons. The fourth-order valence-electron chi connectivity index (χ4n) is 5.68. The second-order valence-corrected chi connectivity index (χ2v) is 10.2. The number of nitro groups is 1. The SMILES string of the molecule is C[C@]1(C[C@@H]2CCCC[C@H]2NC(=O)OCc2ccccc2)CCCN(c2ccc([N+](=O)[O-])cc2)C1. The highest BCUT2D eigenvalue weighted by atomic mass is 16.6. The van der Waals surface area contributed by atoms with Crippen LogP contribution < -0.4 is 10.2 Å². The van der Waals surface area contributed by atoms with Gasteiger partial charge in [0.25, 0.3) is 5.69 Å². The van der Waals surface area contributed by atoms with Gasteiger partial charge in [0.05, 0.1) is 4.92 Å². The van der Waals surface area contributed by atoms with Crippen LogP contribution in [0.15, 0.2) is 54.6 Å². The fourth-order valence-corrected chi connectivity index (χ4v) is 5.68. The third kappa shape index (κ3) is 6.27. The molecule has 2 aromatic rings. The number of hydrogen-bond donors (Lipinski definition) is 1. The van der Waals surface area contributed by atoms with Gasteiger partial charge in [-0.1, -0.05) is 50.1 Å². The predicted molar refractivity (Wildman–Crippen MR) is 133 cm³/mol. The van der Waals surface area contributed by atoms with Crippen molar-refractivity contribution in [1.82, 2.24) is 5.32 Å². The molecule has 1 aliphatic heterocycles. The highest BCUT2D eigenvalue weighted by Crippen LogP contribution is 2.41. The second-order valence-electron chi connectivity index (χ2n) is 10.2. The number of nitrogens with zero attached hydrogens (tertiary/aromatic N) is 2. The van der Waals surface area contributed by atoms with Crippen LogP contribution in [0.25, 0.3) is 0 Å². The average molecular weight is 466 g/mol. The summed E-state index contributed by atoms with van der Waals surface area (Å²) in [7, 11) is 0. The van der Waals surface area contributed by atoms with Crippen molar-refractivity contribution in [2.75, 3.05) is 18.0 Å². The van der Waals surface area contributed by atoms with Crippen LogP contribution in [0.5, 0.6) is 0 Å². The Kier molecular flexibility index (Phi) is 7.70. The Morgan fingerprint density at radius 3 is 2.59 bits per heavy atom. The standard InChI is InChI=1S/C27H35N3O4/c1-27(16-7-17-29(20-27)23-12-14-24(15-13-23)30(32)33)18-22-10-5-6-11-25(22)28-26(31)34-19-21-8-3-2-4-9-21/h2-4,8-9,12-15,22,25H,5-7,10-11,16-20H2,1H3,(H,28,31)/t22-,25+,27+/m0/s1. The molecule has 1 saturated carbocycles. The summed E-state index contributed by atoms with van der Waals surface area (Å²) in [6.07, 6.45) is 7.41. The first kappa shape index (κ1) is 24.0. The first-order valence-corrected chi connectivity index (χ1v) is 12.4. The number of carbonyl (C=O) groups excluding carboxylic acids is 1. The van der Waals surface area contributed by atoms with Crippen molar-refractivity contribution in [3.63, 3.8) is 0 Å². The molecule has 1 heterocycles. The van der Waals surface area contributed by atoms with Crippen LogP contribution in [-0.4, -0.2) is 30.1 Å². The van der Waals surface area contributed by atoms with Crippen LogP contribution in [0.4, 0.5) is 16.2 Å². The summed E-state index contributed by atoms with van der Waals surface area (Å²) < 4.78 is 5.49. The molecule has 0 spiro atoms. The quantitative estimate of drug-likeness (QED) is 0.396. The Hall–Kier alpha value is -3.09. The molecule has 3 atom stereocenters. The zero-order chi connectivity index (χ0) is 24.0. The van der Waals surface area contributed by atoms with Crippen molar-refractivity contribution < 1.29 is 14.5 Å². The van der Waals surface area contributed by atoms with E-state index in [0.29, 0.717) is 5.92 Å². The van der Waals surface area contributed by atoms with E-state index in [1.54, 1.807) is 12.1 Å². The minimum absolute atomic E-state index is 0.124. The van der Waals surface area contributed by atoms with Crippen LogP contribution in [0.1, 0.15) is 57.4 Å². The maximum absolute atomic E-state index is 12.5. The van der Waals surface area contributed by atoms with Gasteiger partial charge in [-0.2, -0.15) is 0 Å². The first-order chi connectivity index (χ1) is 16.4. The number of hydrogen-bond acceptors (Lipinski definition) is 5. The zero-order valence-electron chi connectivity index (χ0n) is 19.9. The number of rotatable bonds is 7. The Labute approximate surface area is 201 Å². The van der Waals surface area contributed by atoms with Gasteiger partial charge in [0, 0.05) is 37.0 Å². The van der Waals surface area contributed by atoms with Crippen LogP contribution in [0.2, 0.25) is 0 Å². The van der Waals surface area contributed by atoms with Crippen molar-refractivity contribution in [3.05, 3.63) is 70.3 Å². The van der Waals surface area contributed by atoms with E-state index in [0.717, 1.165) is 62.9 Å². The first-order valence-electron chi connectivity index (χ1n) is 12.4. The fraction of sp³-hybridized carbons (Fsp3) is 0.519. The third-order valence-electron chi connectivity index (χ3n) is 7.39. The second kappa shape index (κ2) is 10.9. The highest BCUT2D eigenvalue weighted by molar-refractivity contribution is 5.67. The van der Waals surface area contributed by atoms with Crippen LogP contribution in [0.3, 0.4) is 0 Å². The van der Waals surface area contributed by atoms with Crippen molar-refractivity contribution in [2.45, 2.75) is 64.5 Å². The molecule has 0 unspecified atom stereocenters. The van der Waals surface area contributed by atoms with Gasteiger partial charge in [0.1, 0.15) is 6.61 Å². The van der Waals surface area contributed by atoms with Gasteiger partial charge in [-0.25, -0.2) is 4.79 Å². The highest BCUT2D eigenvalue weighted by Gasteiger charge is 2.37. The molecule has 4 rings (SSSR count). The number of nitrogens with one attached hydrogen (secondary N) is 1. The van der Waals surface area contributed by atoms with Crippen LogP contribution in [-0.2, 0) is 11.3 Å². The summed E-state index contributed by atoms with van der Waals surface area (Å²) in [6, 6.07) is 16.8. The zero-order valence-corrected chi connectivity index (χ0v) is 19.9. The van der Waals surface area contributed by atoms with Gasteiger partial charge in [0.15, 0.2) is 0 Å². The van der Waals surface area contributed by atoms with Crippen LogP contribution >= 0.6 is 0 Å². The molecule has 182 valence electrons. The molecule has 7 nitrogen and oxygen atoms in total.